The summed E-state index contributed by atoms with van der Waals surface area (Å²) in [4.78, 5) is 16.2. The van der Waals surface area contributed by atoms with Gasteiger partial charge in [-0.1, -0.05) is 19.1 Å². The summed E-state index contributed by atoms with van der Waals surface area (Å²) in [6.07, 6.45) is 4.59. The molecule has 6 nitrogen and oxygen atoms in total. The second-order valence-corrected chi connectivity index (χ2v) is 8.30. The molecule has 0 aliphatic carbocycles. The number of methoxy groups -OCH3 is 1. The van der Waals surface area contributed by atoms with Gasteiger partial charge in [0.05, 0.1) is 18.0 Å². The summed E-state index contributed by atoms with van der Waals surface area (Å²) in [6, 6.07) is 13.3. The summed E-state index contributed by atoms with van der Waals surface area (Å²) < 4.78 is 10.7. The van der Waals surface area contributed by atoms with Gasteiger partial charge < -0.3 is 14.2 Å². The quantitative estimate of drug-likeness (QED) is 0.670. The maximum absolute atomic E-state index is 13.2. The van der Waals surface area contributed by atoms with Gasteiger partial charge in [0.1, 0.15) is 17.5 Å². The third-order valence-corrected chi connectivity index (χ3v) is 6.34. The summed E-state index contributed by atoms with van der Waals surface area (Å²) in [7, 11) is 1.65. The van der Waals surface area contributed by atoms with Crippen molar-refractivity contribution in [1.29, 1.82) is 5.26 Å². The van der Waals surface area contributed by atoms with Gasteiger partial charge in [0.25, 0.3) is 0 Å². The molecule has 0 saturated carbocycles. The second kappa shape index (κ2) is 10.4. The number of rotatable bonds is 8. The van der Waals surface area contributed by atoms with Gasteiger partial charge in [-0.2, -0.15) is 5.26 Å². The van der Waals surface area contributed by atoms with Gasteiger partial charge in [-0.3, -0.25) is 4.79 Å². The number of aromatic nitrogens is 1. The molecule has 1 N–H and O–H groups in total. The van der Waals surface area contributed by atoms with E-state index in [9.17, 15) is 10.1 Å². The Hall–Kier alpha value is -2.43. The zero-order valence-corrected chi connectivity index (χ0v) is 17.8. The number of aryl methyl sites for hydroxylation is 1. The Morgan fingerprint density at radius 3 is 2.79 bits per heavy atom. The van der Waals surface area contributed by atoms with Gasteiger partial charge in [-0.25, -0.2) is 4.72 Å². The molecule has 3 rings (SSSR count). The highest BCUT2D eigenvalue weighted by molar-refractivity contribution is 7.97. The minimum atomic E-state index is -0.340. The highest BCUT2D eigenvalue weighted by Crippen LogP contribution is 2.27. The van der Waals surface area contributed by atoms with Crippen molar-refractivity contribution in [3.8, 4) is 11.8 Å². The predicted octanol–water partition coefficient (Wildman–Crippen LogP) is 3.68. The van der Waals surface area contributed by atoms with Gasteiger partial charge >= 0.3 is 0 Å². The number of carbonyl (C=O) groups excluding carboxylic acids is 1. The third-order valence-electron chi connectivity index (χ3n) is 5.38. The van der Waals surface area contributed by atoms with Crippen LogP contribution in [0.15, 0.2) is 47.5 Å². The zero-order chi connectivity index (χ0) is 20.6. The molecule has 1 aliphatic rings. The zero-order valence-electron chi connectivity index (χ0n) is 17.0. The molecular formula is C22H28N4O2S. The van der Waals surface area contributed by atoms with E-state index in [4.69, 9.17) is 4.74 Å². The molecule has 1 aromatic carbocycles. The SMILES string of the molecule is COc1ccccc1SNC(CCn1cccc1C#N)C(=O)N1CCC(C)CC1. The van der Waals surface area contributed by atoms with E-state index in [-0.39, 0.29) is 11.9 Å². The lowest BCUT2D eigenvalue weighted by Gasteiger charge is -2.33. The van der Waals surface area contributed by atoms with Crippen LogP contribution in [0, 0.1) is 17.2 Å². The predicted molar refractivity (Wildman–Crippen MR) is 115 cm³/mol. The van der Waals surface area contributed by atoms with Crippen molar-refractivity contribution < 1.29 is 9.53 Å². The number of piperidine rings is 1. The number of carbonyl (C=O) groups is 1. The Morgan fingerprint density at radius 1 is 1.31 bits per heavy atom. The summed E-state index contributed by atoms with van der Waals surface area (Å²) in [6.45, 7) is 4.47. The maximum atomic E-state index is 13.2. The van der Waals surface area contributed by atoms with E-state index in [1.807, 2.05) is 46.0 Å². The van der Waals surface area contributed by atoms with Crippen molar-refractivity contribution in [1.82, 2.24) is 14.2 Å². The first-order valence-corrected chi connectivity index (χ1v) is 10.8. The Balaban J connectivity index is 1.70. The lowest BCUT2D eigenvalue weighted by Crippen LogP contribution is -2.47. The molecule has 1 aliphatic heterocycles. The van der Waals surface area contributed by atoms with Crippen molar-refractivity contribution in [2.75, 3.05) is 20.2 Å². The van der Waals surface area contributed by atoms with Crippen LogP contribution in [0.2, 0.25) is 0 Å². The highest BCUT2D eigenvalue weighted by Gasteiger charge is 2.27. The smallest absolute Gasteiger partial charge is 0.240 e. The molecule has 1 saturated heterocycles. The van der Waals surface area contributed by atoms with E-state index < -0.39 is 0 Å². The second-order valence-electron chi connectivity index (χ2n) is 7.42. The third kappa shape index (κ3) is 5.55. The Kier molecular flexibility index (Phi) is 7.62. The molecule has 1 aromatic heterocycles. The number of hydrogen-bond donors (Lipinski definition) is 1. The fourth-order valence-corrected chi connectivity index (χ4v) is 4.39. The van der Waals surface area contributed by atoms with Crippen LogP contribution in [0.3, 0.4) is 0 Å². The number of amides is 1. The number of para-hydroxylation sites is 1. The summed E-state index contributed by atoms with van der Waals surface area (Å²) in [5, 5.41) is 9.24. The summed E-state index contributed by atoms with van der Waals surface area (Å²) in [5.74, 6) is 1.58. The topological polar surface area (TPSA) is 70.3 Å². The van der Waals surface area contributed by atoms with Crippen LogP contribution in [0.4, 0.5) is 0 Å². The summed E-state index contributed by atoms with van der Waals surface area (Å²) >= 11 is 1.42. The fraction of sp³-hybridized carbons (Fsp3) is 0.455. The van der Waals surface area contributed by atoms with Crippen molar-refractivity contribution in [2.45, 2.75) is 43.7 Å². The average Bonchev–Trinajstić information content (AvgIpc) is 3.21. The average molecular weight is 413 g/mol. The van der Waals surface area contributed by atoms with E-state index in [0.717, 1.165) is 36.6 Å². The molecule has 7 heteroatoms. The lowest BCUT2D eigenvalue weighted by atomic mass is 9.98. The van der Waals surface area contributed by atoms with E-state index >= 15 is 0 Å². The number of nitrogens with one attached hydrogen (secondary N) is 1. The lowest BCUT2D eigenvalue weighted by molar-refractivity contribution is -0.134. The monoisotopic (exact) mass is 412 g/mol. The van der Waals surface area contributed by atoms with Crippen LogP contribution in [-0.2, 0) is 11.3 Å². The van der Waals surface area contributed by atoms with E-state index in [0.29, 0.717) is 24.6 Å². The molecule has 2 aromatic rings. The van der Waals surface area contributed by atoms with Gasteiger partial charge in [0, 0.05) is 25.8 Å². The van der Waals surface area contributed by atoms with Gasteiger partial charge in [0.2, 0.25) is 5.91 Å². The Labute approximate surface area is 177 Å². The van der Waals surface area contributed by atoms with Crippen molar-refractivity contribution in [3.63, 3.8) is 0 Å². The molecule has 154 valence electrons. The largest absolute Gasteiger partial charge is 0.496 e. The van der Waals surface area contributed by atoms with Gasteiger partial charge in [-0.05, 0) is 61.4 Å². The van der Waals surface area contributed by atoms with Crippen molar-refractivity contribution >= 4 is 17.9 Å². The van der Waals surface area contributed by atoms with Crippen LogP contribution < -0.4 is 9.46 Å². The molecule has 1 atom stereocenters. The minimum Gasteiger partial charge on any atom is -0.496 e. The highest BCUT2D eigenvalue weighted by atomic mass is 32.2. The molecule has 2 heterocycles. The number of nitriles is 1. The minimum absolute atomic E-state index is 0.130. The van der Waals surface area contributed by atoms with Crippen molar-refractivity contribution in [3.05, 3.63) is 48.3 Å². The first-order valence-electron chi connectivity index (χ1n) is 10.0. The molecule has 0 radical (unpaired) electrons. The first-order chi connectivity index (χ1) is 14.1. The molecule has 29 heavy (non-hydrogen) atoms. The number of likely N-dealkylation sites (tertiary alicyclic amines) is 1. The number of nitrogens with zero attached hydrogens (tertiary/aromatic N) is 3. The molecule has 0 bridgehead atoms. The van der Waals surface area contributed by atoms with Crippen molar-refractivity contribution in [2.24, 2.45) is 5.92 Å². The van der Waals surface area contributed by atoms with E-state index in [2.05, 4.69) is 17.7 Å². The van der Waals surface area contributed by atoms with Crippen LogP contribution in [-0.4, -0.2) is 41.6 Å². The van der Waals surface area contributed by atoms with Crippen LogP contribution in [0.25, 0.3) is 0 Å². The van der Waals surface area contributed by atoms with Crippen LogP contribution in [0.1, 0.15) is 31.9 Å². The summed E-state index contributed by atoms with van der Waals surface area (Å²) in [5.41, 5.74) is 0.611. The normalized spacial score (nSPS) is 15.7. The Bertz CT molecular complexity index is 852. The number of hydrogen-bond acceptors (Lipinski definition) is 5. The maximum Gasteiger partial charge on any atom is 0.240 e. The van der Waals surface area contributed by atoms with Crippen LogP contribution in [0.5, 0.6) is 5.75 Å². The molecule has 1 amide bonds. The molecule has 0 spiro atoms. The van der Waals surface area contributed by atoms with Gasteiger partial charge in [0.15, 0.2) is 0 Å². The molecule has 1 unspecified atom stereocenters. The van der Waals surface area contributed by atoms with E-state index in [1.165, 1.54) is 11.9 Å². The van der Waals surface area contributed by atoms with E-state index in [1.54, 1.807) is 13.2 Å². The van der Waals surface area contributed by atoms with Crippen LogP contribution >= 0.6 is 11.9 Å². The van der Waals surface area contributed by atoms with Gasteiger partial charge in [-0.15, -0.1) is 0 Å². The number of benzene rings is 1. The number of ether oxygens (including phenoxy) is 1. The molecule has 1 fully saturated rings. The molecular weight excluding hydrogens is 384 g/mol. The Morgan fingerprint density at radius 2 is 2.07 bits per heavy atom. The first kappa shape index (κ1) is 21.3. The standard InChI is InChI=1S/C22H28N4O2S/c1-17-9-13-26(14-10-17)22(27)19(11-15-25-12-5-6-18(25)16-23)24-29-21-8-4-3-7-20(21)28-2/h3-8,12,17,19,24H,9-11,13-15H2,1-2H3. The fourth-order valence-electron chi connectivity index (χ4n) is 3.50.